The van der Waals surface area contributed by atoms with Gasteiger partial charge in [0.2, 0.25) is 5.88 Å². The first-order chi connectivity index (χ1) is 69.1. The van der Waals surface area contributed by atoms with Gasteiger partial charge in [0.25, 0.3) is 5.56 Å². The van der Waals surface area contributed by atoms with Crippen LogP contribution < -0.4 is 56.3 Å². The number of aromatic hydroxyl groups is 1. The Labute approximate surface area is 949 Å². The third kappa shape index (κ3) is 43.0. The number of nitrogens with zero attached hydrogens (tertiary/aromatic N) is 10. The van der Waals surface area contributed by atoms with Crippen LogP contribution in [0.25, 0.3) is 121 Å². The topological polar surface area (TPSA) is 324 Å². The number of ether oxygens (including phenoxy) is 1. The summed E-state index contributed by atoms with van der Waals surface area (Å²) in [6.07, 6.45) is 13.2. The van der Waals surface area contributed by atoms with E-state index in [9.17, 15) is 18.9 Å². The zero-order valence-corrected chi connectivity index (χ0v) is 107. The van der Waals surface area contributed by atoms with Crippen LogP contribution in [-0.4, -0.2) is 117 Å². The third-order valence-corrected chi connectivity index (χ3v) is 124. The number of aromatic nitrogens is 10. The number of nitrogen functional groups attached to an aromatic ring is 1. The van der Waals surface area contributed by atoms with E-state index < -0.39 is 11.2 Å². The van der Waals surface area contributed by atoms with Crippen molar-refractivity contribution < 1.29 is 68.0 Å². The van der Waals surface area contributed by atoms with E-state index in [-0.39, 0.29) is 153 Å². The van der Waals surface area contributed by atoms with Crippen LogP contribution in [0.15, 0.2) is 315 Å². The number of esters is 1. The Kier molecular flexibility index (Phi) is 60.1. The molecule has 12 unspecified atom stereocenters. The molecule has 1 fully saturated rings. The zero-order chi connectivity index (χ0) is 106. The predicted octanol–water partition coefficient (Wildman–Crippen LogP) is 30.4. The summed E-state index contributed by atoms with van der Waals surface area (Å²) in [4.78, 5) is 74.1. The van der Waals surface area contributed by atoms with Crippen LogP contribution in [0.5, 0.6) is 5.88 Å². The average Bonchev–Trinajstić information content (AvgIpc) is 1.72. The number of carbonyl (C=O) groups excluding carboxylic acids is 2. The van der Waals surface area contributed by atoms with E-state index >= 15 is 0 Å². The van der Waals surface area contributed by atoms with Gasteiger partial charge in [0.15, 0.2) is 11.6 Å². The SMILES string of the molecule is C.CC1(C)OB(c2ccc3cc4ccccc4cc3c2)OC1(C)C.CCN(CC)c1ccccc1.CCOC(=O)CC(C)=O.CC[O-].Cl.Clc1cc(Cl)nc(-c2ccncc2)n1.N=C(N)c1ccncc1.O=P(Cl)(Cl)Cl.O=c1cc(O)nc(-c2ccncc2)[nH]1.PPP(P(P)P)P(P(P)P)P(P(P)P)P(P)P.[Na+].c1ccc2cc3cc(-c4cc(-c5ccc6cc7ccccc7cc6c5)nc(-c5ccncc5)n4)ccc3cc2c1. The molecule has 10 aromatic carbocycles. The number of Topliss-reactive ketones (excluding diaryl/α,β-unsaturated/α-hetero) is 1. The van der Waals surface area contributed by atoms with Crippen molar-refractivity contribution in [2.75, 3.05) is 31.2 Å². The number of hydrogen-bond donors (Lipinski definition) is 4. The van der Waals surface area contributed by atoms with Crippen molar-refractivity contribution in [3.05, 3.63) is 337 Å². The normalized spacial score (nSPS) is 12.3. The number of pyridine rings is 4. The molecule has 0 radical (unpaired) electrons. The number of nitrogens with one attached hydrogen (secondary N) is 2. The minimum Gasteiger partial charge on any atom is -0.855 e. The van der Waals surface area contributed by atoms with Crippen LogP contribution in [0.4, 0.5) is 5.69 Å². The van der Waals surface area contributed by atoms with E-state index in [2.05, 4.69) is 399 Å². The minimum atomic E-state index is -3.22. The first-order valence-corrected chi connectivity index (χ1v) is 79.8. The number of halogens is 6. The van der Waals surface area contributed by atoms with Gasteiger partial charge < -0.3 is 39.9 Å². The number of anilines is 1. The van der Waals surface area contributed by atoms with E-state index in [1.807, 2.05) is 18.2 Å². The summed E-state index contributed by atoms with van der Waals surface area (Å²) >= 11 is 25.3. The molecule has 1 aliphatic rings. The number of nitrogens with two attached hydrogens (primary N) is 1. The average molecular weight is 2450 g/mol. The van der Waals surface area contributed by atoms with Gasteiger partial charge in [-0.05, 0) is 323 Å². The van der Waals surface area contributed by atoms with E-state index in [0.29, 0.717) is 45.5 Å². The maximum atomic E-state index is 11.0. The monoisotopic (exact) mass is 2450 g/mol. The molecule has 0 saturated carbocycles. The molecule has 0 aliphatic carbocycles. The molecule has 0 spiro atoms. The van der Waals surface area contributed by atoms with E-state index in [1.165, 1.54) is 83.3 Å². The molecule has 48 heteroatoms. The number of carbonyl (C=O) groups is 2. The summed E-state index contributed by atoms with van der Waals surface area (Å²) in [6, 6.07) is 87.9. The second-order valence-electron chi connectivity index (χ2n) is 31.9. The molecule has 18 rings (SSSR count). The van der Waals surface area contributed by atoms with Crippen LogP contribution in [0.1, 0.15) is 81.7 Å². The number of fused-ring (bicyclic) bond motifs is 6. The zero-order valence-electron chi connectivity index (χ0n) is 81.9. The molecule has 1 saturated heterocycles. The number of amidine groups is 1. The van der Waals surface area contributed by atoms with E-state index in [1.54, 1.807) is 99.8 Å². The fourth-order valence-electron chi connectivity index (χ4n) is 13.7. The maximum absolute atomic E-state index is 11.0. The number of H-pyrrole nitrogens is 1. The molecule has 12 atom stereocenters. The van der Waals surface area contributed by atoms with Gasteiger partial charge in [-0.1, -0.05) is 179 Å². The molecular weight excluding hydrogens is 2330 g/mol. The van der Waals surface area contributed by atoms with Gasteiger partial charge in [0.1, 0.15) is 34.2 Å². The first-order valence-electron chi connectivity index (χ1n) is 44.4. The summed E-state index contributed by atoms with van der Waals surface area (Å²) in [5.41, 5.74) is 13.7. The molecule has 17 aromatic rings. The van der Waals surface area contributed by atoms with E-state index in [0.717, 1.165) is 66.2 Å². The largest absolute Gasteiger partial charge is 1.00 e. The summed E-state index contributed by atoms with van der Waals surface area (Å²) in [5.74, 6) is 0.714. The number of rotatable bonds is 20. The molecule has 148 heavy (non-hydrogen) atoms. The maximum Gasteiger partial charge on any atom is 1.00 e. The van der Waals surface area contributed by atoms with Crippen LogP contribution in [0, 0.1) is 5.41 Å². The molecule has 772 valence electrons. The Balaban J connectivity index is 0.000000270. The van der Waals surface area contributed by atoms with Gasteiger partial charge in [-0.25, -0.2) is 19.9 Å². The summed E-state index contributed by atoms with van der Waals surface area (Å²) in [6.45, 7) is 20.7. The van der Waals surface area contributed by atoms with Crippen LogP contribution in [-0.2, 0) is 28.2 Å². The number of benzene rings is 10. The summed E-state index contributed by atoms with van der Waals surface area (Å²) in [5, 5.41) is 37.2. The molecule has 1 aliphatic heterocycles. The molecule has 0 amide bonds. The van der Waals surface area contributed by atoms with Crippen LogP contribution >= 0.6 is 212 Å². The van der Waals surface area contributed by atoms with Gasteiger partial charge in [-0.3, -0.25) is 44.3 Å². The van der Waals surface area contributed by atoms with Gasteiger partial charge >= 0.3 is 47.8 Å². The number of ketones is 1. The van der Waals surface area contributed by atoms with E-state index in [4.69, 9.17) is 63.8 Å². The predicted molar refractivity (Wildman–Crippen MR) is 679 cm³/mol. The van der Waals surface area contributed by atoms with Crippen molar-refractivity contribution in [3.8, 4) is 62.6 Å². The Bertz CT molecular complexity index is 7030. The van der Waals surface area contributed by atoms with Crippen molar-refractivity contribution in [1.29, 1.82) is 5.41 Å². The van der Waals surface area contributed by atoms with Crippen molar-refractivity contribution in [2.24, 2.45) is 5.73 Å². The fourth-order valence-corrected chi connectivity index (χ4v) is 203. The van der Waals surface area contributed by atoms with Crippen LogP contribution in [0.3, 0.4) is 0 Å². The second-order valence-corrected chi connectivity index (χ2v) is 104. The smallest absolute Gasteiger partial charge is 0.855 e. The van der Waals surface area contributed by atoms with Crippen molar-refractivity contribution in [2.45, 2.75) is 87.4 Å². The van der Waals surface area contributed by atoms with Crippen molar-refractivity contribution in [1.82, 2.24) is 49.8 Å². The standard InChI is InChI=1S/C37H23N3.C20H21BO2.C10H15N.C9H5Cl2N3.C9H7N3O2.C6H7N3.C6H10O3.C2H5O.CH4.Cl3OP.ClH.Na.H19P17/c1-3-7-27-19-33-21-31(11-9-29(33)17-25(27)5-1)35-23-36(40-37(39-35)24-13-15-38-16-14-24)32-12-10-30-18-26-6-2-4-8-28(26)20-34(30)22-32;1-19(2)20(3,4)23-21(22-19)18-10-9-16-11-14-7-5-6-8-15(14)12-17(16)13-18;1-3-11(4-2)10-8-6-5-7-9-10;10-7-5-8(11)14-9(13-7)6-1-3-12-4-2-6;13-7-5-8(14)12-9(11-7)6-1-3-10-4-2-6;7-6(8)5-1-3-9-4-2-5;1-3-9-6(8)4-5(2)7;1-2-3;;1-5(2,3)4;;;1-10-15(11(2)3)17(14(8)9)16(12(4)5)13(6)7/h1-23H;5-13H,1-4H3;5-9H,3-4H2,1-2H3;1-5H;1-5H,(H2,11,12,13,14);1-4H,(H3,7,8);3-4H2,1-2H3;2H2,1H3;1H4;;1H;;10H,1-9H2/q;;;;;;;-1;;;;+1;. The number of aromatic amines is 1. The van der Waals surface area contributed by atoms with Gasteiger partial charge in [0, 0.05) is 108 Å². The Morgan fingerprint density at radius 2 is 0.851 bits per heavy atom. The Morgan fingerprint density at radius 1 is 0.500 bits per heavy atom. The molecule has 22 nitrogen and oxygen atoms in total. The second kappa shape index (κ2) is 67.2. The third-order valence-electron chi connectivity index (χ3n) is 21.1. The Morgan fingerprint density at radius 3 is 1.20 bits per heavy atom. The Hall–Kier alpha value is -4.17. The molecule has 5 N–H and O–H groups in total. The van der Waals surface area contributed by atoms with Crippen molar-refractivity contribution >= 4 is 312 Å². The van der Waals surface area contributed by atoms with Crippen molar-refractivity contribution in [3.63, 3.8) is 0 Å². The first kappa shape index (κ1) is 132. The minimum absolute atomic E-state index is 0. The van der Waals surface area contributed by atoms with Gasteiger partial charge in [-0.15, -0.1) is 99.4 Å². The molecule has 7 aromatic heterocycles. The van der Waals surface area contributed by atoms with Gasteiger partial charge in [0.05, 0.1) is 35.3 Å². The number of para-hydroxylation sites is 1. The van der Waals surface area contributed by atoms with Gasteiger partial charge in [-0.2, -0.15) is 4.98 Å². The number of hydrogen-bond acceptors (Lipinski definition) is 20. The summed E-state index contributed by atoms with van der Waals surface area (Å²) < 4.78 is 26.3. The molecule has 8 heterocycles. The fraction of sp³-hybridized carbons (Fsp3) is 0.170. The summed E-state index contributed by atoms with van der Waals surface area (Å²) in [7, 11) is 28.7. The molecule has 0 bridgehead atoms. The molecular formula is C100H117BCl6N13NaO9P18. The quantitative estimate of drug-likeness (QED) is 0.00805. The van der Waals surface area contributed by atoms with Crippen LogP contribution in [0.2, 0.25) is 10.3 Å².